The summed E-state index contributed by atoms with van der Waals surface area (Å²) in [5.41, 5.74) is -2.66. The lowest BCUT2D eigenvalue weighted by Gasteiger charge is -2.20. The van der Waals surface area contributed by atoms with Crippen molar-refractivity contribution in [2.24, 2.45) is 0 Å². The fraction of sp³-hybridized carbons (Fsp3) is 0.0769. The molecule has 0 spiro atoms. The zero-order valence-corrected chi connectivity index (χ0v) is 25.6. The van der Waals surface area contributed by atoms with Crippen LogP contribution in [0.3, 0.4) is 0 Å². The van der Waals surface area contributed by atoms with Crippen LogP contribution in [0.1, 0.15) is 27.8 Å². The van der Waals surface area contributed by atoms with Crippen LogP contribution in [0.15, 0.2) is 84.9 Å². The zero-order chi connectivity index (χ0) is 36.8. The van der Waals surface area contributed by atoms with Crippen molar-refractivity contribution < 1.29 is 53.0 Å². The van der Waals surface area contributed by atoms with Crippen molar-refractivity contribution in [3.05, 3.63) is 148 Å². The van der Waals surface area contributed by atoms with Gasteiger partial charge in [-0.15, -0.1) is 0 Å². The quantitative estimate of drug-likeness (QED) is 0.131. The molecule has 256 valence electrons. The molecule has 0 fully saturated rings. The minimum absolute atomic E-state index is 0.0718. The number of aryl methyl sites for hydroxylation is 1. The lowest BCUT2D eigenvalue weighted by Crippen LogP contribution is -2.25. The first-order valence-electron chi connectivity index (χ1n) is 14.6. The van der Waals surface area contributed by atoms with Gasteiger partial charge in [0.2, 0.25) is 0 Å². The molecular formula is C39H17F11O. The van der Waals surface area contributed by atoms with Crippen LogP contribution in [0, 0.1) is 65.5 Å². The summed E-state index contributed by atoms with van der Waals surface area (Å²) >= 11 is 0. The van der Waals surface area contributed by atoms with Gasteiger partial charge in [0.25, 0.3) is 0 Å². The van der Waals surface area contributed by atoms with Crippen molar-refractivity contribution in [2.75, 3.05) is 0 Å². The molecule has 0 aliphatic heterocycles. The third-order valence-corrected chi connectivity index (χ3v) is 7.63. The van der Waals surface area contributed by atoms with Gasteiger partial charge in [0.1, 0.15) is 46.2 Å². The predicted molar refractivity (Wildman–Crippen MR) is 168 cm³/mol. The summed E-state index contributed by atoms with van der Waals surface area (Å²) < 4.78 is 162. The highest BCUT2D eigenvalue weighted by Gasteiger charge is 2.41. The highest BCUT2D eigenvalue weighted by Crippen LogP contribution is 2.40. The Hall–Kier alpha value is -6.01. The van der Waals surface area contributed by atoms with Gasteiger partial charge < -0.3 is 4.74 Å². The van der Waals surface area contributed by atoms with Gasteiger partial charge in [-0.05, 0) is 90.0 Å². The van der Waals surface area contributed by atoms with Crippen LogP contribution in [-0.4, -0.2) is 6.18 Å². The minimum atomic E-state index is -5.06. The molecule has 0 aromatic heterocycles. The molecule has 0 heterocycles. The maximum absolute atomic E-state index is 15.6. The number of rotatable bonds is 4. The number of ether oxygens (including phenoxy) is 1. The molecule has 0 aliphatic carbocycles. The predicted octanol–water partition coefficient (Wildman–Crippen LogP) is 11.2. The Morgan fingerprint density at radius 3 is 1.78 bits per heavy atom. The van der Waals surface area contributed by atoms with E-state index in [-0.39, 0.29) is 10.8 Å². The van der Waals surface area contributed by atoms with E-state index in [2.05, 4.69) is 16.6 Å². The van der Waals surface area contributed by atoms with Crippen molar-refractivity contribution >= 4 is 21.5 Å². The average molecular weight is 711 g/mol. The van der Waals surface area contributed by atoms with Crippen LogP contribution in [0.2, 0.25) is 0 Å². The van der Waals surface area contributed by atoms with Crippen molar-refractivity contribution in [3.8, 4) is 40.6 Å². The van der Waals surface area contributed by atoms with E-state index in [9.17, 15) is 22.0 Å². The van der Waals surface area contributed by atoms with Gasteiger partial charge in [-0.25, -0.2) is 26.3 Å². The molecule has 12 heteroatoms. The molecule has 1 nitrogen and oxygen atoms in total. The second-order valence-electron chi connectivity index (χ2n) is 11.2. The highest BCUT2D eigenvalue weighted by molar-refractivity contribution is 5.90. The Morgan fingerprint density at radius 1 is 0.549 bits per heavy atom. The summed E-state index contributed by atoms with van der Waals surface area (Å²) in [6, 6.07) is 15.6. The first-order chi connectivity index (χ1) is 24.0. The monoisotopic (exact) mass is 710 g/mol. The molecule has 0 saturated heterocycles. The number of alkyl halides is 5. The van der Waals surface area contributed by atoms with Crippen LogP contribution >= 0.6 is 0 Å². The van der Waals surface area contributed by atoms with Crippen molar-refractivity contribution in [1.82, 2.24) is 0 Å². The molecule has 0 bridgehead atoms. The summed E-state index contributed by atoms with van der Waals surface area (Å²) in [6.07, 6.45) is -9.84. The average Bonchev–Trinajstić information content (AvgIpc) is 3.03. The zero-order valence-electron chi connectivity index (χ0n) is 25.6. The Bertz CT molecular complexity index is 2470. The first kappa shape index (κ1) is 34.8. The van der Waals surface area contributed by atoms with Gasteiger partial charge in [0.15, 0.2) is 0 Å². The number of benzene rings is 6. The van der Waals surface area contributed by atoms with Crippen LogP contribution in [0.5, 0.6) is 5.75 Å². The minimum Gasteiger partial charge on any atom is -0.429 e. The standard InChI is InChI=1S/C39H17F11O/c1-20-2-4-21(5-3-20)6-7-22-8-10-28-23(14-22)17-31(41)34(37(28)45)25-18-32(42)35(33(43)19-25)39(49,50)51-26-9-11-27-24(15-26)16-30(40)29(36(27)44)12-13-38(46,47)48/h2-5,8-11,14-19H,1H3. The fourth-order valence-corrected chi connectivity index (χ4v) is 5.27. The Labute approximate surface area is 281 Å². The second kappa shape index (κ2) is 13.0. The van der Waals surface area contributed by atoms with E-state index >= 15 is 26.3 Å². The number of halogens is 11. The lowest BCUT2D eigenvalue weighted by atomic mass is 9.97. The van der Waals surface area contributed by atoms with Gasteiger partial charge in [0.05, 0.1) is 11.1 Å². The molecule has 6 aromatic rings. The van der Waals surface area contributed by atoms with Gasteiger partial charge >= 0.3 is 12.3 Å². The van der Waals surface area contributed by atoms with E-state index in [1.807, 2.05) is 19.1 Å². The number of hydrogen-bond acceptors (Lipinski definition) is 1. The molecule has 6 aromatic carbocycles. The fourth-order valence-electron chi connectivity index (χ4n) is 5.27. The van der Waals surface area contributed by atoms with Crippen LogP contribution in [0.4, 0.5) is 48.3 Å². The highest BCUT2D eigenvalue weighted by atomic mass is 19.4. The van der Waals surface area contributed by atoms with Gasteiger partial charge in [-0.3, -0.25) is 0 Å². The summed E-state index contributed by atoms with van der Waals surface area (Å²) in [6.45, 7) is 1.91. The topological polar surface area (TPSA) is 9.23 Å². The van der Waals surface area contributed by atoms with Crippen LogP contribution < -0.4 is 4.74 Å². The number of fused-ring (bicyclic) bond motifs is 2. The molecule has 0 amide bonds. The molecular weight excluding hydrogens is 693 g/mol. The van der Waals surface area contributed by atoms with Crippen LogP contribution in [-0.2, 0) is 6.11 Å². The molecule has 0 N–H and O–H groups in total. The Balaban J connectivity index is 1.30. The number of hydrogen-bond donors (Lipinski definition) is 0. The molecule has 0 atom stereocenters. The molecule has 0 saturated carbocycles. The normalized spacial score (nSPS) is 11.6. The Kier molecular flexibility index (Phi) is 8.90. The van der Waals surface area contributed by atoms with E-state index in [0.29, 0.717) is 41.5 Å². The van der Waals surface area contributed by atoms with E-state index in [1.54, 1.807) is 12.1 Å². The van der Waals surface area contributed by atoms with E-state index < -0.39 is 86.0 Å². The maximum Gasteiger partial charge on any atom is 0.458 e. The third-order valence-electron chi connectivity index (χ3n) is 7.63. The SMILES string of the molecule is Cc1ccc(C#Cc2ccc3c(F)c(-c4cc(F)c(C(F)(F)Oc5ccc6c(F)c(C#CC(F)(F)F)c(F)cc6c5)c(F)c4)c(F)cc3c2)cc1. The Morgan fingerprint density at radius 2 is 1.12 bits per heavy atom. The lowest BCUT2D eigenvalue weighted by molar-refractivity contribution is -0.189. The molecule has 51 heavy (non-hydrogen) atoms. The molecule has 0 unspecified atom stereocenters. The molecule has 6 rings (SSSR count). The maximum atomic E-state index is 15.6. The summed E-state index contributed by atoms with van der Waals surface area (Å²) in [5, 5.41) is -1.05. The van der Waals surface area contributed by atoms with Gasteiger partial charge in [0, 0.05) is 27.8 Å². The van der Waals surface area contributed by atoms with Crippen molar-refractivity contribution in [2.45, 2.75) is 19.2 Å². The van der Waals surface area contributed by atoms with Gasteiger partial charge in [-0.2, -0.15) is 22.0 Å². The summed E-state index contributed by atoms with van der Waals surface area (Å²) in [5.74, 6) is -2.40. The van der Waals surface area contributed by atoms with Crippen molar-refractivity contribution in [3.63, 3.8) is 0 Å². The first-order valence-corrected chi connectivity index (χ1v) is 14.6. The third kappa shape index (κ3) is 7.17. The smallest absolute Gasteiger partial charge is 0.429 e. The van der Waals surface area contributed by atoms with E-state index in [0.717, 1.165) is 23.6 Å². The largest absolute Gasteiger partial charge is 0.458 e. The second-order valence-corrected chi connectivity index (χ2v) is 11.2. The molecule has 0 aliphatic rings. The van der Waals surface area contributed by atoms with Gasteiger partial charge in [-0.1, -0.05) is 41.5 Å². The molecule has 0 radical (unpaired) electrons. The summed E-state index contributed by atoms with van der Waals surface area (Å²) in [4.78, 5) is 0. The van der Waals surface area contributed by atoms with Crippen LogP contribution in [0.25, 0.3) is 32.7 Å². The van der Waals surface area contributed by atoms with E-state index in [1.165, 1.54) is 24.1 Å². The van der Waals surface area contributed by atoms with E-state index in [4.69, 9.17) is 0 Å². The van der Waals surface area contributed by atoms with Crippen molar-refractivity contribution in [1.29, 1.82) is 0 Å². The summed E-state index contributed by atoms with van der Waals surface area (Å²) in [7, 11) is 0.